The van der Waals surface area contributed by atoms with Gasteiger partial charge in [0.2, 0.25) is 0 Å². The Hall–Kier alpha value is -2.64. The Morgan fingerprint density at radius 2 is 1.43 bits per heavy atom. The monoisotopic (exact) mass is 414 g/mol. The van der Waals surface area contributed by atoms with Crippen LogP contribution in [0.1, 0.15) is 16.7 Å². The van der Waals surface area contributed by atoms with Crippen LogP contribution in [0.3, 0.4) is 0 Å². The lowest BCUT2D eigenvalue weighted by Gasteiger charge is -2.10. The number of hydrogen-bond donors (Lipinski definition) is 1. The lowest BCUT2D eigenvalue weighted by atomic mass is 10.0. The van der Waals surface area contributed by atoms with E-state index in [0.29, 0.717) is 11.3 Å². The van der Waals surface area contributed by atoms with Crippen LogP contribution in [0.4, 0.5) is 4.39 Å². The molecule has 0 amide bonds. The predicted octanol–water partition coefficient (Wildman–Crippen LogP) is 4.59. The van der Waals surface area contributed by atoms with Crippen LogP contribution in [-0.2, 0) is 10.0 Å². The Bertz CT molecular complexity index is 1080. The normalized spacial score (nSPS) is 12.0. The Balaban J connectivity index is 2.00. The second-order valence-corrected chi connectivity index (χ2v) is 8.64. The van der Waals surface area contributed by atoms with E-state index < -0.39 is 10.0 Å². The molecule has 0 unspecified atom stereocenters. The maximum Gasteiger partial charge on any atom is 0.276 e. The van der Waals surface area contributed by atoms with Crippen molar-refractivity contribution in [3.63, 3.8) is 0 Å². The van der Waals surface area contributed by atoms with E-state index in [-0.39, 0.29) is 10.7 Å². The van der Waals surface area contributed by atoms with Crippen molar-refractivity contribution in [3.8, 4) is 0 Å². The van der Waals surface area contributed by atoms with Gasteiger partial charge in [-0.25, -0.2) is 4.39 Å². The molecule has 0 aliphatic carbocycles. The van der Waals surface area contributed by atoms with Crippen molar-refractivity contribution in [2.24, 2.45) is 5.10 Å². The number of hydrazone groups is 1. The number of hydrogen-bond acceptors (Lipinski definition) is 4. The number of thioether (sulfide) groups is 1. The highest BCUT2D eigenvalue weighted by Crippen LogP contribution is 2.18. The Morgan fingerprint density at radius 3 is 1.96 bits per heavy atom. The quantitative estimate of drug-likeness (QED) is 0.365. The highest BCUT2D eigenvalue weighted by Gasteiger charge is 2.15. The summed E-state index contributed by atoms with van der Waals surface area (Å²) in [6.45, 7) is 1.88. The minimum absolute atomic E-state index is 0.123. The van der Waals surface area contributed by atoms with Crippen LogP contribution in [0, 0.1) is 12.7 Å². The molecule has 0 atom stereocenters. The molecule has 144 valence electrons. The molecule has 0 heterocycles. The molecule has 0 aliphatic rings. The topological polar surface area (TPSA) is 58.5 Å². The molecule has 0 bridgehead atoms. The highest BCUT2D eigenvalue weighted by molar-refractivity contribution is 7.98. The van der Waals surface area contributed by atoms with Crippen LogP contribution in [0.15, 0.2) is 87.7 Å². The van der Waals surface area contributed by atoms with Gasteiger partial charge in [-0.3, -0.25) is 0 Å². The standard InChI is InChI=1S/C21H19FN2O2S2/c1-15-3-13-20(14-4-15)28(25,26)24-23-21(16-5-9-18(22)10-6-16)17-7-11-19(27-2)12-8-17/h3-14,24H,1-2H3. The van der Waals surface area contributed by atoms with Gasteiger partial charge in [-0.15, -0.1) is 11.8 Å². The van der Waals surface area contributed by atoms with Crippen LogP contribution in [0.25, 0.3) is 0 Å². The molecule has 0 saturated carbocycles. The van der Waals surface area contributed by atoms with Crippen molar-refractivity contribution in [3.05, 3.63) is 95.3 Å². The van der Waals surface area contributed by atoms with Gasteiger partial charge < -0.3 is 0 Å². The predicted molar refractivity (Wildman–Crippen MR) is 112 cm³/mol. The van der Waals surface area contributed by atoms with Crippen LogP contribution in [-0.4, -0.2) is 20.4 Å². The SMILES string of the molecule is CSc1ccc(C(=NNS(=O)(=O)c2ccc(C)cc2)c2ccc(F)cc2)cc1. The first-order valence-electron chi connectivity index (χ1n) is 8.45. The van der Waals surface area contributed by atoms with Gasteiger partial charge in [0, 0.05) is 16.0 Å². The van der Waals surface area contributed by atoms with E-state index in [1.54, 1.807) is 36.0 Å². The summed E-state index contributed by atoms with van der Waals surface area (Å²) in [6.07, 6.45) is 1.97. The first kappa shape index (κ1) is 20.1. The van der Waals surface area contributed by atoms with Crippen molar-refractivity contribution in [1.82, 2.24) is 4.83 Å². The van der Waals surface area contributed by atoms with E-state index in [2.05, 4.69) is 9.93 Å². The summed E-state index contributed by atoms with van der Waals surface area (Å²) < 4.78 is 38.5. The average molecular weight is 415 g/mol. The molecule has 3 aromatic carbocycles. The molecule has 1 N–H and O–H groups in total. The third kappa shape index (κ3) is 4.79. The summed E-state index contributed by atoms with van der Waals surface area (Å²) >= 11 is 1.60. The number of halogens is 1. The molecular formula is C21H19FN2O2S2. The number of nitrogens with zero attached hydrogens (tertiary/aromatic N) is 1. The van der Waals surface area contributed by atoms with E-state index >= 15 is 0 Å². The number of aryl methyl sites for hydroxylation is 1. The lowest BCUT2D eigenvalue weighted by Crippen LogP contribution is -2.21. The van der Waals surface area contributed by atoms with Crippen molar-refractivity contribution < 1.29 is 12.8 Å². The molecule has 3 rings (SSSR count). The van der Waals surface area contributed by atoms with Crippen molar-refractivity contribution in [2.75, 3.05) is 6.26 Å². The van der Waals surface area contributed by atoms with Gasteiger partial charge in [0.1, 0.15) is 5.82 Å². The maximum atomic E-state index is 13.3. The summed E-state index contributed by atoms with van der Waals surface area (Å²) in [5.74, 6) is -0.374. The van der Waals surface area contributed by atoms with E-state index in [1.165, 1.54) is 24.3 Å². The van der Waals surface area contributed by atoms with Gasteiger partial charge in [0.15, 0.2) is 0 Å². The second-order valence-electron chi connectivity index (χ2n) is 6.10. The fourth-order valence-corrected chi connectivity index (χ4v) is 3.75. The fraction of sp³-hybridized carbons (Fsp3) is 0.0952. The smallest absolute Gasteiger partial charge is 0.207 e. The van der Waals surface area contributed by atoms with Crippen molar-refractivity contribution >= 4 is 27.5 Å². The first-order chi connectivity index (χ1) is 13.4. The number of benzene rings is 3. The largest absolute Gasteiger partial charge is 0.276 e. The third-order valence-electron chi connectivity index (χ3n) is 4.09. The Labute approximate surface area is 168 Å². The molecule has 0 spiro atoms. The van der Waals surface area contributed by atoms with Gasteiger partial charge in [0.25, 0.3) is 10.0 Å². The van der Waals surface area contributed by atoms with Crippen LogP contribution < -0.4 is 4.83 Å². The Kier molecular flexibility index (Phi) is 6.16. The van der Waals surface area contributed by atoms with Gasteiger partial charge in [-0.05, 0) is 61.7 Å². The molecule has 4 nitrogen and oxygen atoms in total. The van der Waals surface area contributed by atoms with E-state index in [0.717, 1.165) is 16.0 Å². The summed E-state index contributed by atoms with van der Waals surface area (Å²) in [5, 5.41) is 4.17. The van der Waals surface area contributed by atoms with Gasteiger partial charge in [-0.1, -0.05) is 29.8 Å². The lowest BCUT2D eigenvalue weighted by molar-refractivity contribution is 0.584. The molecule has 0 fully saturated rings. The second kappa shape index (κ2) is 8.58. The van der Waals surface area contributed by atoms with E-state index in [9.17, 15) is 12.8 Å². The Morgan fingerprint density at radius 1 is 0.893 bits per heavy atom. The first-order valence-corrected chi connectivity index (χ1v) is 11.2. The van der Waals surface area contributed by atoms with E-state index in [1.807, 2.05) is 37.4 Å². The van der Waals surface area contributed by atoms with Crippen LogP contribution in [0.5, 0.6) is 0 Å². The minimum Gasteiger partial charge on any atom is -0.207 e. The molecule has 0 radical (unpaired) electrons. The molecule has 0 aromatic heterocycles. The summed E-state index contributed by atoms with van der Waals surface area (Å²) in [7, 11) is -3.82. The number of rotatable bonds is 6. The third-order valence-corrected chi connectivity index (χ3v) is 6.06. The minimum atomic E-state index is -3.82. The molecule has 28 heavy (non-hydrogen) atoms. The summed E-state index contributed by atoms with van der Waals surface area (Å²) in [5.41, 5.74) is 2.69. The van der Waals surface area contributed by atoms with Crippen molar-refractivity contribution in [1.29, 1.82) is 0 Å². The van der Waals surface area contributed by atoms with Gasteiger partial charge in [0.05, 0.1) is 10.6 Å². The van der Waals surface area contributed by atoms with Crippen LogP contribution >= 0.6 is 11.8 Å². The zero-order valence-corrected chi connectivity index (χ0v) is 17.0. The number of sulfonamides is 1. The van der Waals surface area contributed by atoms with Crippen LogP contribution in [0.2, 0.25) is 0 Å². The molecule has 0 aliphatic heterocycles. The fourth-order valence-electron chi connectivity index (χ4n) is 2.53. The van der Waals surface area contributed by atoms with Gasteiger partial charge >= 0.3 is 0 Å². The zero-order valence-electron chi connectivity index (χ0n) is 15.4. The van der Waals surface area contributed by atoms with Gasteiger partial charge in [-0.2, -0.15) is 18.4 Å². The average Bonchev–Trinajstić information content (AvgIpc) is 2.70. The zero-order chi connectivity index (χ0) is 20.1. The summed E-state index contributed by atoms with van der Waals surface area (Å²) in [6, 6.07) is 19.8. The molecule has 3 aromatic rings. The molecule has 0 saturated heterocycles. The highest BCUT2D eigenvalue weighted by atomic mass is 32.2. The van der Waals surface area contributed by atoms with Crippen molar-refractivity contribution in [2.45, 2.75) is 16.7 Å². The number of nitrogens with one attached hydrogen (secondary N) is 1. The van der Waals surface area contributed by atoms with E-state index in [4.69, 9.17) is 0 Å². The summed E-state index contributed by atoms with van der Waals surface area (Å²) in [4.78, 5) is 3.49. The molecular weight excluding hydrogens is 395 g/mol. The molecule has 7 heteroatoms. The maximum absolute atomic E-state index is 13.3.